The molecule has 8 nitrogen and oxygen atoms in total. The minimum absolute atomic E-state index is 0.0571. The highest BCUT2D eigenvalue weighted by molar-refractivity contribution is 7.85. The molecule has 0 bridgehead atoms. The van der Waals surface area contributed by atoms with Gasteiger partial charge in [-0.2, -0.15) is 34.8 Å². The summed E-state index contributed by atoms with van der Waals surface area (Å²) in [4.78, 5) is 18.2. The van der Waals surface area contributed by atoms with Crippen LogP contribution in [0.3, 0.4) is 0 Å². The predicted molar refractivity (Wildman–Crippen MR) is 170 cm³/mol. The molecule has 4 aromatic rings. The second kappa shape index (κ2) is 14.7. The van der Waals surface area contributed by atoms with E-state index < -0.39 is 69.4 Å². The molecule has 1 fully saturated rings. The predicted octanol–water partition coefficient (Wildman–Crippen LogP) is 8.63. The molecule has 0 spiro atoms. The molecule has 2 heterocycles. The van der Waals surface area contributed by atoms with Gasteiger partial charge in [-0.05, 0) is 92.9 Å². The lowest BCUT2D eigenvalue weighted by atomic mass is 9.93. The van der Waals surface area contributed by atoms with Crippen LogP contribution >= 0.6 is 0 Å². The molecule has 52 heavy (non-hydrogen) atoms. The van der Waals surface area contributed by atoms with E-state index in [9.17, 15) is 52.7 Å². The van der Waals surface area contributed by atoms with Gasteiger partial charge in [0.05, 0.1) is 22.5 Å². The Labute approximate surface area is 292 Å². The zero-order chi connectivity index (χ0) is 38.9. The van der Waals surface area contributed by atoms with Crippen LogP contribution in [-0.4, -0.2) is 36.3 Å². The molecule has 3 aromatic carbocycles. The largest absolute Gasteiger partial charge is 0.573 e. The summed E-state index contributed by atoms with van der Waals surface area (Å²) in [6, 6.07) is 14.6. The third-order valence-electron chi connectivity index (χ3n) is 7.88. The smallest absolute Gasteiger partial charge is 0.406 e. The standard InChI is InChI=1S/C27H22F9N3O2.C7H8O3S/c1-24(2,17-6-11-22(37-14-17)26(31,32)33)38-20-13-21(15-4-3-5-16(12-15)25(28,29)30)39(23(20)40)18-7-9-19(10-8-18)41-27(34,35)36;1-6-2-4-7(5-3-6)11(8,9)10/h3-12,14,20-21,38H,13H2,1-2H3;2-5H,1H3,(H,8,9,10)/t20-,21-;/m0./s1. The number of halogens is 9. The Morgan fingerprint density at radius 3 is 1.94 bits per heavy atom. The van der Waals surface area contributed by atoms with Crippen LogP contribution in [0.5, 0.6) is 5.75 Å². The van der Waals surface area contributed by atoms with Gasteiger partial charge in [0.15, 0.2) is 0 Å². The number of ether oxygens (including phenoxy) is 1. The Bertz CT molecular complexity index is 1960. The molecule has 0 saturated carbocycles. The number of aromatic nitrogens is 1. The molecule has 18 heteroatoms. The average molecular weight is 764 g/mol. The highest BCUT2D eigenvalue weighted by Crippen LogP contribution is 2.41. The molecule has 1 saturated heterocycles. The molecular weight excluding hydrogens is 733 g/mol. The summed E-state index contributed by atoms with van der Waals surface area (Å²) in [5.41, 5.74) is -1.69. The van der Waals surface area contributed by atoms with E-state index in [1.807, 2.05) is 6.92 Å². The van der Waals surface area contributed by atoms with Crippen molar-refractivity contribution in [1.29, 1.82) is 0 Å². The summed E-state index contributed by atoms with van der Waals surface area (Å²) in [5.74, 6) is -1.17. The fourth-order valence-corrected chi connectivity index (χ4v) is 5.84. The lowest BCUT2D eigenvalue weighted by Crippen LogP contribution is -2.47. The number of carbonyl (C=O) groups excluding carboxylic acids is 1. The fraction of sp³-hybridized carbons (Fsp3) is 0.294. The normalized spacial score (nSPS) is 17.1. The van der Waals surface area contributed by atoms with Gasteiger partial charge in [0.25, 0.3) is 10.1 Å². The van der Waals surface area contributed by atoms with Crippen molar-refractivity contribution in [2.75, 3.05) is 4.90 Å². The first kappa shape index (κ1) is 40.1. The van der Waals surface area contributed by atoms with Crippen LogP contribution in [0.1, 0.15) is 54.3 Å². The first-order valence-electron chi connectivity index (χ1n) is 15.1. The minimum atomic E-state index is -4.96. The monoisotopic (exact) mass is 763 g/mol. The summed E-state index contributed by atoms with van der Waals surface area (Å²) in [7, 11) is -4.02. The molecule has 0 radical (unpaired) electrons. The van der Waals surface area contributed by atoms with E-state index in [4.69, 9.17) is 4.55 Å². The van der Waals surface area contributed by atoms with E-state index in [0.29, 0.717) is 5.56 Å². The topological polar surface area (TPSA) is 109 Å². The number of aryl methyl sites for hydroxylation is 1. The molecule has 2 atom stereocenters. The minimum Gasteiger partial charge on any atom is -0.406 e. The third kappa shape index (κ3) is 10.2. The number of hydrogen-bond acceptors (Lipinski definition) is 6. The Balaban J connectivity index is 0.000000470. The SMILES string of the molecule is CC(C)(N[C@H]1C[C@@H](c2cccc(C(F)(F)F)c2)N(c2ccc(OC(F)(F)F)cc2)C1=O)c1ccc(C(F)(F)F)nc1.Cc1ccc(S(=O)(=O)O)cc1. The zero-order valence-corrected chi connectivity index (χ0v) is 28.1. The van der Waals surface area contributed by atoms with Crippen LogP contribution in [-0.2, 0) is 32.8 Å². The van der Waals surface area contributed by atoms with Crippen molar-refractivity contribution >= 4 is 21.7 Å². The average Bonchev–Trinajstić information content (AvgIpc) is 3.35. The number of hydrogen-bond donors (Lipinski definition) is 2. The number of amides is 1. The van der Waals surface area contributed by atoms with E-state index >= 15 is 0 Å². The molecule has 0 aliphatic carbocycles. The van der Waals surface area contributed by atoms with Gasteiger partial charge < -0.3 is 9.64 Å². The number of rotatable bonds is 7. The number of pyridine rings is 1. The van der Waals surface area contributed by atoms with Crippen molar-refractivity contribution in [2.45, 2.75) is 68.4 Å². The van der Waals surface area contributed by atoms with Gasteiger partial charge in [-0.3, -0.25) is 19.6 Å². The van der Waals surface area contributed by atoms with Gasteiger partial charge in [-0.1, -0.05) is 35.9 Å². The Morgan fingerprint density at radius 2 is 1.44 bits per heavy atom. The summed E-state index contributed by atoms with van der Waals surface area (Å²) in [5, 5.41) is 3.06. The number of benzene rings is 3. The molecule has 2 N–H and O–H groups in total. The third-order valence-corrected chi connectivity index (χ3v) is 8.75. The molecule has 1 amide bonds. The molecule has 1 aliphatic heterocycles. The van der Waals surface area contributed by atoms with Crippen LogP contribution in [0, 0.1) is 6.92 Å². The van der Waals surface area contributed by atoms with E-state index in [1.165, 1.54) is 47.4 Å². The summed E-state index contributed by atoms with van der Waals surface area (Å²) < 4.78 is 150. The van der Waals surface area contributed by atoms with Crippen molar-refractivity contribution in [3.63, 3.8) is 0 Å². The highest BCUT2D eigenvalue weighted by Gasteiger charge is 2.44. The van der Waals surface area contributed by atoms with Crippen molar-refractivity contribution < 1.29 is 62.0 Å². The summed E-state index contributed by atoms with van der Waals surface area (Å²) in [6.07, 6.45) is -13.3. The molecule has 1 aromatic heterocycles. The van der Waals surface area contributed by atoms with Crippen molar-refractivity contribution in [3.8, 4) is 5.75 Å². The van der Waals surface area contributed by atoms with Gasteiger partial charge in [0, 0.05) is 17.4 Å². The Kier molecular flexibility index (Phi) is 11.4. The number of alkyl halides is 9. The molecule has 280 valence electrons. The number of anilines is 1. The van der Waals surface area contributed by atoms with E-state index in [0.717, 1.165) is 42.1 Å². The quantitative estimate of drug-likeness (QED) is 0.143. The van der Waals surface area contributed by atoms with Crippen LogP contribution in [0.4, 0.5) is 45.2 Å². The lowest BCUT2D eigenvalue weighted by molar-refractivity contribution is -0.274. The molecular formula is C34H30F9N3O5S. The number of carbonyl (C=O) groups is 1. The van der Waals surface area contributed by atoms with Crippen LogP contribution in [0.2, 0.25) is 0 Å². The molecule has 1 aliphatic rings. The van der Waals surface area contributed by atoms with Gasteiger partial charge in [-0.25, -0.2) is 0 Å². The zero-order valence-electron chi connectivity index (χ0n) is 27.3. The maximum atomic E-state index is 13.6. The van der Waals surface area contributed by atoms with Gasteiger partial charge in [0.1, 0.15) is 11.4 Å². The highest BCUT2D eigenvalue weighted by atomic mass is 32.2. The lowest BCUT2D eigenvalue weighted by Gasteiger charge is -2.30. The van der Waals surface area contributed by atoms with Crippen molar-refractivity contribution in [3.05, 3.63) is 119 Å². The van der Waals surface area contributed by atoms with Crippen molar-refractivity contribution in [1.82, 2.24) is 10.3 Å². The van der Waals surface area contributed by atoms with Crippen LogP contribution in [0.25, 0.3) is 0 Å². The van der Waals surface area contributed by atoms with Crippen molar-refractivity contribution in [2.24, 2.45) is 0 Å². The number of nitrogens with one attached hydrogen (secondary N) is 1. The van der Waals surface area contributed by atoms with E-state index in [1.54, 1.807) is 26.0 Å². The molecule has 5 rings (SSSR count). The van der Waals surface area contributed by atoms with Crippen LogP contribution < -0.4 is 15.0 Å². The summed E-state index contributed by atoms with van der Waals surface area (Å²) in [6.45, 7) is 5.03. The number of nitrogens with zero attached hydrogens (tertiary/aromatic N) is 2. The van der Waals surface area contributed by atoms with Gasteiger partial charge in [0.2, 0.25) is 5.91 Å². The first-order valence-corrected chi connectivity index (χ1v) is 16.5. The maximum absolute atomic E-state index is 13.6. The van der Waals surface area contributed by atoms with E-state index in [-0.39, 0.29) is 22.6 Å². The second-order valence-electron chi connectivity index (χ2n) is 12.2. The van der Waals surface area contributed by atoms with Crippen LogP contribution in [0.15, 0.2) is 96.0 Å². The fourth-order valence-electron chi connectivity index (χ4n) is 5.36. The maximum Gasteiger partial charge on any atom is 0.573 e. The Hall–Kier alpha value is -4.68. The van der Waals surface area contributed by atoms with E-state index in [2.05, 4.69) is 15.0 Å². The van der Waals surface area contributed by atoms with Gasteiger partial charge in [-0.15, -0.1) is 13.2 Å². The summed E-state index contributed by atoms with van der Waals surface area (Å²) >= 11 is 0. The van der Waals surface area contributed by atoms with Gasteiger partial charge >= 0.3 is 18.7 Å². The molecule has 0 unspecified atom stereocenters. The first-order chi connectivity index (χ1) is 23.8. The second-order valence-corrected chi connectivity index (χ2v) is 13.6. The Morgan fingerprint density at radius 1 is 0.827 bits per heavy atom.